The zero-order chi connectivity index (χ0) is 18.8. The van der Waals surface area contributed by atoms with Crippen LogP contribution in [0.25, 0.3) is 0 Å². The highest BCUT2D eigenvalue weighted by Gasteiger charge is 2.21. The Kier molecular flexibility index (Phi) is 5.32. The summed E-state index contributed by atoms with van der Waals surface area (Å²) in [6, 6.07) is 6.43. The van der Waals surface area contributed by atoms with Crippen LogP contribution in [0.3, 0.4) is 0 Å². The molecule has 12 heteroatoms. The van der Waals surface area contributed by atoms with E-state index in [4.69, 9.17) is 16.7 Å². The van der Waals surface area contributed by atoms with E-state index < -0.39 is 42.8 Å². The van der Waals surface area contributed by atoms with E-state index in [1.165, 1.54) is 24.3 Å². The van der Waals surface area contributed by atoms with Gasteiger partial charge >= 0.3 is 0 Å². The van der Waals surface area contributed by atoms with E-state index in [1.54, 1.807) is 4.72 Å². The largest absolute Gasteiger partial charge is 0.343 e. The molecule has 0 unspecified atom stereocenters. The first-order valence-electron chi connectivity index (χ1n) is 6.54. The topological polar surface area (TPSA) is 145 Å². The zero-order valence-corrected chi connectivity index (χ0v) is 14.8. The summed E-state index contributed by atoms with van der Waals surface area (Å²) in [5, 5.41) is 4.83. The molecule has 9 nitrogen and oxygen atoms in total. The number of halogens is 1. The maximum Gasteiger partial charge on any atom is 0.265 e. The van der Waals surface area contributed by atoms with Crippen LogP contribution in [-0.2, 0) is 31.4 Å². The Bertz CT molecular complexity index is 1090. The molecule has 2 rings (SSSR count). The van der Waals surface area contributed by atoms with E-state index in [9.17, 15) is 26.4 Å². The molecule has 0 aliphatic heterocycles. The number of nitrogens with two attached hydrogens (primary N) is 1. The first kappa shape index (κ1) is 19.1. The van der Waals surface area contributed by atoms with Gasteiger partial charge in [0.15, 0.2) is 0 Å². The Morgan fingerprint density at radius 3 is 2.36 bits per heavy atom. The number of rotatable bonds is 5. The molecular formula is C13H12ClN3O6S2. The summed E-state index contributed by atoms with van der Waals surface area (Å²) in [7, 11) is -8.48. The highest BCUT2D eigenvalue weighted by Crippen LogP contribution is 2.20. The van der Waals surface area contributed by atoms with Crippen LogP contribution in [0.2, 0.25) is 5.02 Å². The smallest absolute Gasteiger partial charge is 0.265 e. The van der Waals surface area contributed by atoms with E-state index in [-0.39, 0.29) is 9.92 Å². The number of aromatic nitrogens is 1. The number of carbonyl (C=O) groups excluding carboxylic acids is 1. The van der Waals surface area contributed by atoms with E-state index in [1.807, 2.05) is 0 Å². The van der Waals surface area contributed by atoms with Crippen molar-refractivity contribution in [3.8, 4) is 0 Å². The molecule has 0 aliphatic rings. The molecule has 0 bridgehead atoms. The molecule has 0 saturated carbocycles. The maximum atomic E-state index is 12.1. The first-order valence-corrected chi connectivity index (χ1v) is 9.94. The quantitative estimate of drug-likeness (QED) is 0.695. The number of primary sulfonamides is 1. The number of hydrogen-bond acceptors (Lipinski definition) is 6. The van der Waals surface area contributed by atoms with Crippen molar-refractivity contribution >= 4 is 37.6 Å². The Balaban J connectivity index is 2.24. The average Bonchev–Trinajstić information content (AvgIpc) is 2.47. The van der Waals surface area contributed by atoms with E-state index in [2.05, 4.69) is 0 Å². The van der Waals surface area contributed by atoms with Crippen molar-refractivity contribution in [2.24, 2.45) is 5.14 Å². The average molecular weight is 406 g/mol. The lowest BCUT2D eigenvalue weighted by atomic mass is 10.4. The van der Waals surface area contributed by atoms with Crippen LogP contribution in [0, 0.1) is 0 Å². The number of hydrogen-bond donors (Lipinski definition) is 2. The lowest BCUT2D eigenvalue weighted by molar-refractivity contribution is -0.119. The van der Waals surface area contributed by atoms with Crippen LogP contribution in [-0.4, -0.2) is 27.3 Å². The fourth-order valence-corrected chi connectivity index (χ4v) is 4.01. The van der Waals surface area contributed by atoms with Crippen molar-refractivity contribution in [1.29, 1.82) is 0 Å². The minimum Gasteiger partial charge on any atom is -0.343 e. The minimum atomic E-state index is -4.28. The number of nitrogens with one attached hydrogen (secondary N) is 1. The molecule has 1 aromatic carbocycles. The summed E-state index contributed by atoms with van der Waals surface area (Å²) >= 11 is 5.79. The molecule has 2 aromatic rings. The van der Waals surface area contributed by atoms with Crippen molar-refractivity contribution in [3.05, 3.63) is 58.0 Å². The zero-order valence-electron chi connectivity index (χ0n) is 12.4. The van der Waals surface area contributed by atoms with Crippen molar-refractivity contribution in [2.45, 2.75) is 16.3 Å². The second-order valence-electron chi connectivity index (χ2n) is 4.85. The maximum absolute atomic E-state index is 12.1. The highest BCUT2D eigenvalue weighted by atomic mass is 35.5. The van der Waals surface area contributed by atoms with Gasteiger partial charge in [0.1, 0.15) is 16.3 Å². The monoisotopic (exact) mass is 405 g/mol. The predicted molar refractivity (Wildman–Crippen MR) is 88.9 cm³/mol. The first-order chi connectivity index (χ1) is 11.5. The molecule has 1 heterocycles. The molecule has 1 aromatic heterocycles. The molecule has 1 amide bonds. The number of carbonyl (C=O) groups is 1. The summed E-state index contributed by atoms with van der Waals surface area (Å²) in [6.07, 6.45) is 1.97. The lowest BCUT2D eigenvalue weighted by Gasteiger charge is -2.10. The molecular weight excluding hydrogens is 394 g/mol. The Morgan fingerprint density at radius 1 is 1.12 bits per heavy atom. The SMILES string of the molecule is NS(=O)(=O)c1cn(CC(=O)NS(=O)(=O)c2ccccc2Cl)ccc1=O. The van der Waals surface area contributed by atoms with Crippen LogP contribution in [0.4, 0.5) is 0 Å². The van der Waals surface area contributed by atoms with Gasteiger partial charge in [-0.05, 0) is 12.1 Å². The molecule has 0 saturated heterocycles. The standard InChI is InChI=1S/C13H12ClN3O6S2/c14-9-3-1-2-4-11(9)25(22,23)16-13(19)8-17-6-5-10(18)12(7-17)24(15,20)21/h1-7H,8H2,(H,16,19)(H2,15,20,21). The normalized spacial score (nSPS) is 11.9. The van der Waals surface area contributed by atoms with Crippen LogP contribution in [0.15, 0.2) is 57.3 Å². The molecule has 0 fully saturated rings. The minimum absolute atomic E-state index is 0.0670. The molecule has 0 spiro atoms. The van der Waals surface area contributed by atoms with Crippen LogP contribution >= 0.6 is 11.6 Å². The highest BCUT2D eigenvalue weighted by molar-refractivity contribution is 7.90. The lowest BCUT2D eigenvalue weighted by Crippen LogP contribution is -2.34. The van der Waals surface area contributed by atoms with Gasteiger partial charge in [-0.2, -0.15) is 0 Å². The molecule has 134 valence electrons. The van der Waals surface area contributed by atoms with Crippen LogP contribution in [0.5, 0.6) is 0 Å². The van der Waals surface area contributed by atoms with Gasteiger partial charge in [0, 0.05) is 18.5 Å². The van der Waals surface area contributed by atoms with Crippen LogP contribution < -0.4 is 15.3 Å². The number of benzene rings is 1. The summed E-state index contributed by atoms with van der Waals surface area (Å²) in [5.74, 6) is -0.969. The van der Waals surface area contributed by atoms with Crippen molar-refractivity contribution < 1.29 is 21.6 Å². The predicted octanol–water partition coefficient (Wildman–Crippen LogP) is -0.346. The third-order valence-corrected chi connectivity index (χ3v) is 5.74. The Morgan fingerprint density at radius 2 is 1.76 bits per heavy atom. The summed E-state index contributed by atoms with van der Waals surface area (Å²) in [5.41, 5.74) is -0.845. The third-order valence-electron chi connectivity index (χ3n) is 2.95. The van der Waals surface area contributed by atoms with Gasteiger partial charge in [0.2, 0.25) is 15.5 Å². The molecule has 3 N–H and O–H groups in total. The van der Waals surface area contributed by atoms with Gasteiger partial charge in [-0.3, -0.25) is 9.59 Å². The summed E-state index contributed by atoms with van der Waals surface area (Å²) in [4.78, 5) is 22.4. The summed E-state index contributed by atoms with van der Waals surface area (Å²) in [6.45, 7) is -0.563. The van der Waals surface area contributed by atoms with Crippen LogP contribution in [0.1, 0.15) is 0 Å². The summed E-state index contributed by atoms with van der Waals surface area (Å²) < 4.78 is 49.7. The fourth-order valence-electron chi connectivity index (χ4n) is 1.88. The van der Waals surface area contributed by atoms with E-state index >= 15 is 0 Å². The van der Waals surface area contributed by atoms with Gasteiger partial charge < -0.3 is 4.57 Å². The number of pyridine rings is 1. The van der Waals surface area contributed by atoms with Gasteiger partial charge in [-0.25, -0.2) is 26.7 Å². The van der Waals surface area contributed by atoms with Crippen molar-refractivity contribution in [1.82, 2.24) is 9.29 Å². The molecule has 0 radical (unpaired) electrons. The second-order valence-corrected chi connectivity index (χ2v) is 8.44. The Labute approximate surface area is 148 Å². The van der Waals surface area contributed by atoms with Crippen molar-refractivity contribution in [3.63, 3.8) is 0 Å². The van der Waals surface area contributed by atoms with E-state index in [0.717, 1.165) is 23.0 Å². The van der Waals surface area contributed by atoms with Gasteiger partial charge in [0.25, 0.3) is 15.9 Å². The molecule has 0 atom stereocenters. The third kappa shape index (κ3) is 4.66. The number of amides is 1. The number of sulfonamides is 2. The second kappa shape index (κ2) is 6.96. The fraction of sp³-hybridized carbons (Fsp3) is 0.0769. The molecule has 0 aliphatic carbocycles. The molecule has 25 heavy (non-hydrogen) atoms. The van der Waals surface area contributed by atoms with Gasteiger partial charge in [-0.1, -0.05) is 23.7 Å². The van der Waals surface area contributed by atoms with Crippen molar-refractivity contribution in [2.75, 3.05) is 0 Å². The van der Waals surface area contributed by atoms with Gasteiger partial charge in [-0.15, -0.1) is 0 Å². The van der Waals surface area contributed by atoms with E-state index in [0.29, 0.717) is 0 Å². The Hall–Kier alpha value is -2.21. The number of nitrogens with zero attached hydrogens (tertiary/aromatic N) is 1. The van der Waals surface area contributed by atoms with Gasteiger partial charge in [0.05, 0.1) is 5.02 Å².